The Morgan fingerprint density at radius 1 is 0.209 bits per heavy atom. The number of nitrogens with zero attached hydrogens (tertiary/aromatic N) is 5. The van der Waals surface area contributed by atoms with E-state index in [0.717, 1.165) is 46.1 Å². The summed E-state index contributed by atoms with van der Waals surface area (Å²) < 4.78 is 43.7. The smallest absolute Gasteiger partial charge is 0.219 e. The second-order valence-electron chi connectivity index (χ2n) is 42.5. The van der Waals surface area contributed by atoms with Crippen LogP contribution in [0, 0.1) is 0 Å². The van der Waals surface area contributed by atoms with Gasteiger partial charge in [-0.05, 0) is 89.8 Å². The van der Waals surface area contributed by atoms with Crippen LogP contribution in [0.1, 0.15) is 158 Å². The van der Waals surface area contributed by atoms with E-state index in [2.05, 4.69) is 411 Å². The summed E-state index contributed by atoms with van der Waals surface area (Å²) >= 11 is 0. The summed E-state index contributed by atoms with van der Waals surface area (Å²) in [5, 5.41) is 11.3. The van der Waals surface area contributed by atoms with E-state index >= 15 is 0 Å². The van der Waals surface area contributed by atoms with Crippen molar-refractivity contribution in [2.75, 3.05) is 65.8 Å². The first-order chi connectivity index (χ1) is 61.9. The van der Waals surface area contributed by atoms with Crippen LogP contribution in [-0.2, 0) is 23.7 Å². The lowest BCUT2D eigenvalue weighted by molar-refractivity contribution is 0.374. The highest BCUT2D eigenvalue weighted by Gasteiger charge is 2.60. The van der Waals surface area contributed by atoms with E-state index in [-0.39, 0.29) is 6.10 Å². The predicted molar refractivity (Wildman–Crippen MR) is 588 cm³/mol. The van der Waals surface area contributed by atoms with E-state index in [1.807, 2.05) is 0 Å². The summed E-state index contributed by atoms with van der Waals surface area (Å²) in [6, 6.07) is 102. The van der Waals surface area contributed by atoms with Crippen LogP contribution < -0.4 is 41.5 Å². The molecule has 5 atom stereocenters. The quantitative estimate of drug-likeness (QED) is 0.0209. The zero-order chi connectivity index (χ0) is 93.3. The minimum atomic E-state index is -2.94. The Hall–Kier alpha value is -4.47. The fourth-order valence-electron chi connectivity index (χ4n) is 21.4. The molecule has 20 heteroatoms. The Balaban J connectivity index is 0.000000193. The molecule has 13 rings (SSSR count). The first-order valence-electron chi connectivity index (χ1n) is 51.3. The molecule has 0 aromatic heterocycles. The van der Waals surface area contributed by atoms with Crippen LogP contribution in [0.2, 0.25) is 140 Å². The van der Waals surface area contributed by atoms with E-state index in [1.165, 1.54) is 176 Å². The van der Waals surface area contributed by atoms with Gasteiger partial charge in [0, 0.05) is 32.7 Å². The van der Waals surface area contributed by atoms with Gasteiger partial charge >= 0.3 is 0 Å². The van der Waals surface area contributed by atoms with Crippen LogP contribution in [0.3, 0.4) is 0 Å². The molecule has 129 heavy (non-hydrogen) atoms. The monoisotopic (exact) mass is 1920 g/mol. The second-order valence-corrected chi connectivity index (χ2v) is 88.7. The van der Waals surface area contributed by atoms with Gasteiger partial charge in [0.05, 0.1) is 63.6 Å². The number of hydrogen-bond donors (Lipinski definition) is 0. The van der Waals surface area contributed by atoms with E-state index in [0.29, 0.717) is 24.4 Å². The molecule has 0 aliphatic carbocycles. The molecule has 0 amide bonds. The third kappa shape index (κ3) is 31.0. The largest absolute Gasteiger partial charge is 0.372 e. The third-order valence-electron chi connectivity index (χ3n) is 28.7. The molecule has 5 heterocycles. The van der Waals surface area contributed by atoms with Crippen molar-refractivity contribution in [1.29, 1.82) is 0 Å². The van der Waals surface area contributed by atoms with Crippen molar-refractivity contribution < 1.29 is 23.7 Å². The molecule has 0 saturated carbocycles. The van der Waals surface area contributed by atoms with Gasteiger partial charge in [0.2, 0.25) is 16.5 Å². The Kier molecular flexibility index (Phi) is 43.8. The molecular formula is C109H179N5O5Si10. The molecule has 5 aliphatic rings. The molecular weight excluding hydrogens is 1740 g/mol. The van der Waals surface area contributed by atoms with Crippen molar-refractivity contribution >= 4 is 124 Å². The Labute approximate surface area is 799 Å². The minimum Gasteiger partial charge on any atom is -0.372 e. The van der Waals surface area contributed by atoms with Crippen LogP contribution in [-0.4, -0.2) is 200 Å². The standard InChI is InChI=1S/C39H35NOSi2.C27H59NOSi2.C19H27NOSi2.C15H35NOSi2.C9H23NOSi2/c1-7-19-34(20-8-1)42(35-21-9-2-10-22-35,36-23-11-3-12-24-36)40(31-33-32-41-33)43(37-25-13-4-14-26-37,38-27-15-5-16-28-38)39-29-17-6-18-30-39;1-7-13-19-30(20-14-8-2,21-15-9-3)28(25-27-26-29-27)31(22-16-10-4,23-17-11-5)24-18-12-6;1-22(2,18-11-7-5-8-12-18)20(15-17-16-21-17)23(3,4)19-13-9-6-10-14-19;1-7-9-11-18(3,4)16(13-15-14-17-15)19(5,6)12-10-8-2;1-12(2,3)10(13(4,5)6)7-9-8-11-9/h1-30,33H,31-32H2;27H,7-26H2,1-6H3;5-14,17H,15-16H2,1-4H3;15H,7-14H2,1-6H3;9H,7-8H2,1-6H3. The molecule has 5 aliphatic heterocycles. The van der Waals surface area contributed by atoms with Crippen molar-refractivity contribution in [3.63, 3.8) is 0 Å². The Morgan fingerprint density at radius 3 is 0.574 bits per heavy atom. The van der Waals surface area contributed by atoms with Crippen LogP contribution in [0.5, 0.6) is 0 Å². The van der Waals surface area contributed by atoms with Crippen LogP contribution in [0.15, 0.2) is 243 Å². The molecule has 10 nitrogen and oxygen atoms in total. The van der Waals surface area contributed by atoms with E-state index in [1.54, 1.807) is 36.3 Å². The highest BCUT2D eigenvalue weighted by molar-refractivity contribution is 7.22. The topological polar surface area (TPSA) is 78.9 Å². The molecule has 0 bridgehead atoms. The molecule has 0 N–H and O–H groups in total. The summed E-state index contributed by atoms with van der Waals surface area (Å²) in [5.41, 5.74) is 0. The number of ether oxygens (including phenoxy) is 5. The van der Waals surface area contributed by atoms with Crippen LogP contribution in [0.4, 0.5) is 0 Å². The molecule has 0 radical (unpaired) electrons. The fourth-order valence-corrected chi connectivity index (χ4v) is 82.5. The molecule has 8 aromatic carbocycles. The van der Waals surface area contributed by atoms with Gasteiger partial charge in [-0.3, -0.25) is 0 Å². The molecule has 0 spiro atoms. The second kappa shape index (κ2) is 52.2. The highest BCUT2D eigenvalue weighted by Crippen LogP contribution is 2.44. The van der Waals surface area contributed by atoms with Gasteiger partial charge in [-0.15, -0.1) is 0 Å². The maximum absolute atomic E-state index is 6.15. The van der Waals surface area contributed by atoms with Gasteiger partial charge in [0.25, 0.3) is 0 Å². The highest BCUT2D eigenvalue weighted by atomic mass is 28.4. The molecule has 5 unspecified atom stereocenters. The van der Waals surface area contributed by atoms with E-state index in [9.17, 15) is 0 Å². The maximum atomic E-state index is 6.15. The normalized spacial score (nSPS) is 17.6. The Morgan fingerprint density at radius 2 is 0.380 bits per heavy atom. The van der Waals surface area contributed by atoms with Crippen LogP contribution >= 0.6 is 0 Å². The number of unbranched alkanes of at least 4 members (excludes halogenated alkanes) is 8. The van der Waals surface area contributed by atoms with Crippen molar-refractivity contribution in [3.8, 4) is 0 Å². The third-order valence-corrected chi connectivity index (χ3v) is 80.5. The number of rotatable bonds is 52. The average Bonchev–Trinajstić information content (AvgIpc) is 0.710. The maximum Gasteiger partial charge on any atom is 0.219 e. The lowest BCUT2D eigenvalue weighted by atomic mass is 10.3. The lowest BCUT2D eigenvalue weighted by Gasteiger charge is -2.54. The molecule has 8 aromatic rings. The molecule has 710 valence electrons. The fraction of sp³-hybridized carbons (Fsp3) is 0.560. The van der Waals surface area contributed by atoms with Gasteiger partial charge in [-0.25, -0.2) is 0 Å². The summed E-state index contributed by atoms with van der Waals surface area (Å²) in [6.45, 7) is 64.5. The van der Waals surface area contributed by atoms with Gasteiger partial charge in [0.15, 0.2) is 0 Å². The number of benzene rings is 8. The summed E-state index contributed by atoms with van der Waals surface area (Å²) in [7, 11) is -17.1. The molecule has 5 fully saturated rings. The Bertz CT molecular complexity index is 3870. The van der Waals surface area contributed by atoms with Gasteiger partial charge in [0.1, 0.15) is 65.9 Å². The molecule has 5 saturated heterocycles. The van der Waals surface area contributed by atoms with Crippen molar-refractivity contribution in [2.45, 2.75) is 329 Å². The summed E-state index contributed by atoms with van der Waals surface area (Å²) in [4.78, 5) is 0. The first-order valence-corrected chi connectivity index (χ1v) is 79.4. The predicted octanol–water partition coefficient (Wildman–Crippen LogP) is 23.4. The van der Waals surface area contributed by atoms with Crippen molar-refractivity contribution in [2.24, 2.45) is 0 Å². The summed E-state index contributed by atoms with van der Waals surface area (Å²) in [5.74, 6) is 0. The zero-order valence-corrected chi connectivity index (χ0v) is 95.3. The number of hydrogen-bond acceptors (Lipinski definition) is 10. The number of epoxide rings is 5. The lowest BCUT2D eigenvalue weighted by Crippen LogP contribution is -2.90. The first kappa shape index (κ1) is 108. The van der Waals surface area contributed by atoms with E-state index in [4.69, 9.17) is 23.7 Å². The summed E-state index contributed by atoms with van der Waals surface area (Å²) in [6.07, 6.45) is 24.7. The minimum absolute atomic E-state index is 0.186. The zero-order valence-electron chi connectivity index (χ0n) is 85.3. The van der Waals surface area contributed by atoms with Gasteiger partial charge in [-0.1, -0.05) is 492 Å². The van der Waals surface area contributed by atoms with Crippen LogP contribution in [0.25, 0.3) is 0 Å². The SMILES string of the molecule is CCCC[Si](C)(C)N(CC1CO1)[Si](C)(C)CCCC.CCCC[Si](CCCC)(CCCC)N(CC1CO1)[Si](CCCC)(CCCC)CCCC.C[Si](C)(C)N(CC1CO1)[Si](C)(C)C.C[Si](C)(c1ccccc1)N(CC1CO1)[Si](C)(C)c1ccccc1.c1ccc([Si](c2ccccc2)(c2ccccc2)N(CC2CO2)[Si](c2ccccc2)(c2ccccc2)c2ccccc2)cc1. The van der Waals surface area contributed by atoms with Crippen molar-refractivity contribution in [1.82, 2.24) is 21.2 Å². The van der Waals surface area contributed by atoms with Gasteiger partial charge in [-0.2, -0.15) is 0 Å². The van der Waals surface area contributed by atoms with E-state index < -0.39 is 82.4 Å². The van der Waals surface area contributed by atoms with Crippen molar-refractivity contribution in [3.05, 3.63) is 243 Å². The average molecular weight is 1920 g/mol. The van der Waals surface area contributed by atoms with Gasteiger partial charge < -0.3 is 44.8 Å².